The van der Waals surface area contributed by atoms with Gasteiger partial charge in [0, 0.05) is 12.6 Å². The lowest BCUT2D eigenvalue weighted by atomic mass is 10.1. The molecule has 0 N–H and O–H groups in total. The van der Waals surface area contributed by atoms with Crippen molar-refractivity contribution in [1.82, 2.24) is 14.3 Å². The van der Waals surface area contributed by atoms with E-state index in [1.54, 1.807) is 19.2 Å². The van der Waals surface area contributed by atoms with E-state index in [1.807, 2.05) is 19.1 Å². The molecule has 1 aromatic heterocycles. The van der Waals surface area contributed by atoms with Crippen LogP contribution in [-0.2, 0) is 13.6 Å². The van der Waals surface area contributed by atoms with E-state index < -0.39 is 0 Å². The number of hydrogen-bond acceptors (Lipinski definition) is 3. The number of ketones is 1. The van der Waals surface area contributed by atoms with Gasteiger partial charge in [-0.15, -0.1) is 0 Å². The molecule has 0 aliphatic rings. The fourth-order valence-electron chi connectivity index (χ4n) is 1.50. The Hall–Kier alpha value is -2.17. The number of Topliss-reactive ketones (excluding diaryl/α,β-unsaturated/α-hetero) is 1. The highest BCUT2D eigenvalue weighted by molar-refractivity contribution is 5.95. The number of benzene rings is 1. The smallest absolute Gasteiger partial charge is 0.292 e. The lowest BCUT2D eigenvalue weighted by Gasteiger charge is -2.00. The van der Waals surface area contributed by atoms with E-state index in [1.165, 1.54) is 10.9 Å². The highest BCUT2D eigenvalue weighted by Gasteiger charge is 2.09. The predicted molar refractivity (Wildman–Crippen MR) is 63.0 cm³/mol. The molecule has 2 rings (SSSR count). The lowest BCUT2D eigenvalue weighted by molar-refractivity contribution is 0.0966. The van der Waals surface area contributed by atoms with Crippen molar-refractivity contribution in [2.75, 3.05) is 0 Å². The Bertz CT molecular complexity index is 593. The highest BCUT2D eigenvalue weighted by atomic mass is 16.2. The standard InChI is InChI=1S/C12H13N3O2/c1-9-3-5-10(6-4-9)11(16)7-15-12(17)14(2)8-13-15/h3-6,8H,7H2,1-2H3. The molecule has 0 bridgehead atoms. The molecule has 17 heavy (non-hydrogen) atoms. The average Bonchev–Trinajstić information content (AvgIpc) is 2.62. The molecule has 0 saturated heterocycles. The van der Waals surface area contributed by atoms with E-state index in [0.717, 1.165) is 10.2 Å². The molecule has 0 radical (unpaired) electrons. The number of aryl methyl sites for hydroxylation is 2. The largest absolute Gasteiger partial charge is 0.345 e. The Labute approximate surface area is 98.3 Å². The van der Waals surface area contributed by atoms with Crippen LogP contribution in [0.2, 0.25) is 0 Å². The molecule has 1 aromatic carbocycles. The first-order valence-corrected chi connectivity index (χ1v) is 5.26. The van der Waals surface area contributed by atoms with Crippen molar-refractivity contribution in [3.63, 3.8) is 0 Å². The SMILES string of the molecule is Cc1ccc(C(=O)Cn2ncn(C)c2=O)cc1. The third-order valence-electron chi connectivity index (χ3n) is 2.55. The fraction of sp³-hybridized carbons (Fsp3) is 0.250. The van der Waals surface area contributed by atoms with E-state index in [0.29, 0.717) is 5.56 Å². The molecule has 0 fully saturated rings. The van der Waals surface area contributed by atoms with Crippen LogP contribution < -0.4 is 5.69 Å². The van der Waals surface area contributed by atoms with Crippen molar-refractivity contribution in [1.29, 1.82) is 0 Å². The van der Waals surface area contributed by atoms with Crippen molar-refractivity contribution in [2.45, 2.75) is 13.5 Å². The lowest BCUT2D eigenvalue weighted by Crippen LogP contribution is -2.26. The Balaban J connectivity index is 2.20. The quantitative estimate of drug-likeness (QED) is 0.733. The van der Waals surface area contributed by atoms with Gasteiger partial charge in [0.1, 0.15) is 12.9 Å². The Morgan fingerprint density at radius 2 is 1.94 bits per heavy atom. The van der Waals surface area contributed by atoms with Crippen LogP contribution in [0.5, 0.6) is 0 Å². The molecule has 1 heterocycles. The first-order valence-electron chi connectivity index (χ1n) is 5.26. The van der Waals surface area contributed by atoms with Gasteiger partial charge in [-0.05, 0) is 6.92 Å². The number of carbonyl (C=O) groups excluding carboxylic acids is 1. The first-order chi connectivity index (χ1) is 8.08. The summed E-state index contributed by atoms with van der Waals surface area (Å²) in [5, 5.41) is 3.84. The van der Waals surface area contributed by atoms with Crippen LogP contribution in [0.3, 0.4) is 0 Å². The van der Waals surface area contributed by atoms with E-state index >= 15 is 0 Å². The number of nitrogens with zero attached hydrogens (tertiary/aromatic N) is 3. The average molecular weight is 231 g/mol. The van der Waals surface area contributed by atoms with Crippen LogP contribution in [0.1, 0.15) is 15.9 Å². The zero-order valence-electron chi connectivity index (χ0n) is 9.75. The second-order valence-corrected chi connectivity index (χ2v) is 3.97. The Morgan fingerprint density at radius 3 is 2.47 bits per heavy atom. The normalized spacial score (nSPS) is 10.5. The zero-order chi connectivity index (χ0) is 12.4. The van der Waals surface area contributed by atoms with Crippen molar-refractivity contribution in [2.24, 2.45) is 7.05 Å². The van der Waals surface area contributed by atoms with Crippen LogP contribution >= 0.6 is 0 Å². The maximum atomic E-state index is 11.9. The van der Waals surface area contributed by atoms with Gasteiger partial charge in [-0.25, -0.2) is 9.48 Å². The van der Waals surface area contributed by atoms with Gasteiger partial charge >= 0.3 is 5.69 Å². The van der Waals surface area contributed by atoms with Gasteiger partial charge in [0.05, 0.1) is 0 Å². The van der Waals surface area contributed by atoms with Crippen molar-refractivity contribution in [3.05, 3.63) is 52.2 Å². The summed E-state index contributed by atoms with van der Waals surface area (Å²) in [6, 6.07) is 7.25. The van der Waals surface area contributed by atoms with Crippen LogP contribution in [0, 0.1) is 6.92 Å². The molecule has 0 aliphatic carbocycles. The van der Waals surface area contributed by atoms with E-state index in [4.69, 9.17) is 0 Å². The minimum atomic E-state index is -0.287. The fourth-order valence-corrected chi connectivity index (χ4v) is 1.50. The molecular weight excluding hydrogens is 218 g/mol. The third kappa shape index (κ3) is 2.33. The molecule has 0 aliphatic heterocycles. The van der Waals surface area contributed by atoms with Gasteiger partial charge < -0.3 is 0 Å². The minimum absolute atomic E-state index is 0.0251. The monoisotopic (exact) mass is 231 g/mol. The number of hydrogen-bond donors (Lipinski definition) is 0. The van der Waals surface area contributed by atoms with E-state index in [2.05, 4.69) is 5.10 Å². The highest BCUT2D eigenvalue weighted by Crippen LogP contribution is 2.04. The summed E-state index contributed by atoms with van der Waals surface area (Å²) < 4.78 is 2.49. The van der Waals surface area contributed by atoms with Crippen molar-refractivity contribution >= 4 is 5.78 Å². The van der Waals surface area contributed by atoms with Gasteiger partial charge in [0.2, 0.25) is 0 Å². The maximum Gasteiger partial charge on any atom is 0.345 e. The summed E-state index contributed by atoms with van der Waals surface area (Å²) >= 11 is 0. The second kappa shape index (κ2) is 4.37. The molecule has 0 atom stereocenters. The maximum absolute atomic E-state index is 11.9. The van der Waals surface area contributed by atoms with Crippen LogP contribution in [-0.4, -0.2) is 20.1 Å². The molecule has 0 unspecified atom stereocenters. The molecular formula is C12H13N3O2. The van der Waals surface area contributed by atoms with Crippen LogP contribution in [0.25, 0.3) is 0 Å². The number of rotatable bonds is 3. The van der Waals surface area contributed by atoms with Gasteiger partial charge in [0.15, 0.2) is 5.78 Å². The van der Waals surface area contributed by atoms with Gasteiger partial charge in [-0.3, -0.25) is 9.36 Å². The number of aromatic nitrogens is 3. The summed E-state index contributed by atoms with van der Waals surface area (Å²) in [5.74, 6) is -0.120. The second-order valence-electron chi connectivity index (χ2n) is 3.97. The Kier molecular flexibility index (Phi) is 2.91. The molecule has 2 aromatic rings. The van der Waals surface area contributed by atoms with E-state index in [-0.39, 0.29) is 18.0 Å². The number of carbonyl (C=O) groups is 1. The molecule has 0 amide bonds. The molecule has 5 nitrogen and oxygen atoms in total. The van der Waals surface area contributed by atoms with Crippen molar-refractivity contribution < 1.29 is 4.79 Å². The Morgan fingerprint density at radius 1 is 1.29 bits per heavy atom. The summed E-state index contributed by atoms with van der Waals surface area (Å²) in [6.07, 6.45) is 1.39. The van der Waals surface area contributed by atoms with Gasteiger partial charge in [-0.2, -0.15) is 5.10 Å². The van der Waals surface area contributed by atoms with Gasteiger partial charge in [0.25, 0.3) is 0 Å². The summed E-state index contributed by atoms with van der Waals surface area (Å²) in [6.45, 7) is 1.93. The van der Waals surface area contributed by atoms with Crippen LogP contribution in [0.4, 0.5) is 0 Å². The summed E-state index contributed by atoms with van der Waals surface area (Å²) in [4.78, 5) is 23.4. The van der Waals surface area contributed by atoms with Crippen LogP contribution in [0.15, 0.2) is 35.4 Å². The predicted octanol–water partition coefficient (Wildman–Crippen LogP) is 0.773. The minimum Gasteiger partial charge on any atom is -0.292 e. The molecule has 0 saturated carbocycles. The summed E-state index contributed by atoms with van der Waals surface area (Å²) in [5.41, 5.74) is 1.40. The molecule has 0 spiro atoms. The van der Waals surface area contributed by atoms with Gasteiger partial charge in [-0.1, -0.05) is 29.8 Å². The molecule has 5 heteroatoms. The zero-order valence-corrected chi connectivity index (χ0v) is 9.75. The van der Waals surface area contributed by atoms with Crippen molar-refractivity contribution in [3.8, 4) is 0 Å². The molecule has 88 valence electrons. The third-order valence-corrected chi connectivity index (χ3v) is 2.55. The summed E-state index contributed by atoms with van der Waals surface area (Å²) in [7, 11) is 1.60. The first kappa shape index (κ1) is 11.3. The van der Waals surface area contributed by atoms with E-state index in [9.17, 15) is 9.59 Å². The topological polar surface area (TPSA) is 56.9 Å².